The highest BCUT2D eigenvalue weighted by Gasteiger charge is 2.16. The van der Waals surface area contributed by atoms with Crippen LogP contribution in [0.5, 0.6) is 0 Å². The predicted octanol–water partition coefficient (Wildman–Crippen LogP) is 2.34. The predicted molar refractivity (Wildman–Crippen MR) is 59.8 cm³/mol. The maximum Gasteiger partial charge on any atom is 0.137 e. The van der Waals surface area contributed by atoms with Gasteiger partial charge in [0.2, 0.25) is 0 Å². The summed E-state index contributed by atoms with van der Waals surface area (Å²) in [6.07, 6.45) is 1.07. The molecule has 2 rings (SSSR count). The van der Waals surface area contributed by atoms with Crippen molar-refractivity contribution in [3.05, 3.63) is 16.3 Å². The van der Waals surface area contributed by atoms with Crippen LogP contribution >= 0.6 is 23.1 Å². The lowest BCUT2D eigenvalue weighted by atomic mass is 10.3. The van der Waals surface area contributed by atoms with E-state index in [2.05, 4.69) is 23.4 Å². The SMILES string of the molecule is CCC1CSc2ccsc2C(N)=N1. The molecule has 1 aliphatic heterocycles. The normalized spacial score (nSPS) is 21.9. The van der Waals surface area contributed by atoms with Crippen molar-refractivity contribution in [3.8, 4) is 0 Å². The van der Waals surface area contributed by atoms with E-state index in [4.69, 9.17) is 5.73 Å². The maximum absolute atomic E-state index is 5.90. The molecule has 0 bridgehead atoms. The lowest BCUT2D eigenvalue weighted by molar-refractivity contribution is 0.728. The summed E-state index contributed by atoms with van der Waals surface area (Å²) in [6.45, 7) is 2.15. The molecule has 13 heavy (non-hydrogen) atoms. The van der Waals surface area contributed by atoms with Gasteiger partial charge in [-0.25, -0.2) is 0 Å². The minimum Gasteiger partial charge on any atom is -0.383 e. The highest BCUT2D eigenvalue weighted by atomic mass is 32.2. The molecule has 2 heterocycles. The Bertz CT molecular complexity index is 330. The molecule has 0 aliphatic carbocycles. The second-order valence-corrected chi connectivity index (χ2v) is 4.98. The van der Waals surface area contributed by atoms with E-state index >= 15 is 0 Å². The molecule has 1 aromatic heterocycles. The fraction of sp³-hybridized carbons (Fsp3) is 0.444. The quantitative estimate of drug-likeness (QED) is 0.776. The van der Waals surface area contributed by atoms with Crippen LogP contribution < -0.4 is 5.73 Å². The Morgan fingerprint density at radius 3 is 3.31 bits per heavy atom. The Labute approximate surface area is 86.2 Å². The molecule has 4 heteroatoms. The van der Waals surface area contributed by atoms with Gasteiger partial charge in [0.1, 0.15) is 5.84 Å². The van der Waals surface area contributed by atoms with E-state index in [1.54, 1.807) is 11.3 Å². The molecule has 2 N–H and O–H groups in total. The third kappa shape index (κ3) is 1.74. The molecule has 0 saturated carbocycles. The smallest absolute Gasteiger partial charge is 0.137 e. The summed E-state index contributed by atoms with van der Waals surface area (Å²) >= 11 is 3.55. The molecule has 2 nitrogen and oxygen atoms in total. The first-order chi connectivity index (χ1) is 6.31. The largest absolute Gasteiger partial charge is 0.383 e. The number of thioether (sulfide) groups is 1. The summed E-state index contributed by atoms with van der Waals surface area (Å²) in [5, 5.41) is 2.08. The van der Waals surface area contributed by atoms with Gasteiger partial charge >= 0.3 is 0 Å². The maximum atomic E-state index is 5.90. The second kappa shape index (κ2) is 3.72. The van der Waals surface area contributed by atoms with Crippen molar-refractivity contribution in [1.29, 1.82) is 0 Å². The van der Waals surface area contributed by atoms with Crippen LogP contribution in [0, 0.1) is 0 Å². The molecule has 0 saturated heterocycles. The molecule has 1 aromatic rings. The van der Waals surface area contributed by atoms with Crippen molar-refractivity contribution in [3.63, 3.8) is 0 Å². The van der Waals surface area contributed by atoms with Gasteiger partial charge in [0.25, 0.3) is 0 Å². The molecule has 0 aromatic carbocycles. The molecule has 0 amide bonds. The first-order valence-corrected chi connectivity index (χ1v) is 6.21. The van der Waals surface area contributed by atoms with Crippen molar-refractivity contribution < 1.29 is 0 Å². The Balaban J connectivity index is 2.35. The van der Waals surface area contributed by atoms with Gasteiger partial charge in [-0.2, -0.15) is 0 Å². The van der Waals surface area contributed by atoms with Crippen LogP contribution in [0.25, 0.3) is 0 Å². The Kier molecular flexibility index (Phi) is 2.60. The van der Waals surface area contributed by atoms with Crippen LogP contribution in [0.15, 0.2) is 21.3 Å². The van der Waals surface area contributed by atoms with Crippen molar-refractivity contribution in [2.75, 3.05) is 5.75 Å². The van der Waals surface area contributed by atoms with Crippen molar-refractivity contribution >= 4 is 28.9 Å². The van der Waals surface area contributed by atoms with Gasteiger partial charge in [-0.1, -0.05) is 6.92 Å². The van der Waals surface area contributed by atoms with Gasteiger partial charge in [-0.15, -0.1) is 23.1 Å². The standard InChI is InChI=1S/C9H12N2S2/c1-2-6-5-13-7-3-4-12-8(7)9(10)11-6/h3-4,6H,2,5H2,1H3,(H2,10,11). The first kappa shape index (κ1) is 9.09. The van der Waals surface area contributed by atoms with Crippen LogP contribution in [0.1, 0.15) is 18.2 Å². The highest BCUT2D eigenvalue weighted by molar-refractivity contribution is 7.99. The molecule has 1 aliphatic rings. The third-order valence-corrected chi connectivity index (χ3v) is 4.35. The zero-order valence-corrected chi connectivity index (χ0v) is 9.12. The van der Waals surface area contributed by atoms with Crippen molar-refractivity contribution in [2.45, 2.75) is 24.3 Å². The fourth-order valence-corrected chi connectivity index (χ4v) is 3.47. The summed E-state index contributed by atoms with van der Waals surface area (Å²) in [4.78, 5) is 6.94. The molecule has 1 unspecified atom stereocenters. The molecule has 70 valence electrons. The van der Waals surface area contributed by atoms with Crippen LogP contribution in [0.3, 0.4) is 0 Å². The van der Waals surface area contributed by atoms with E-state index in [9.17, 15) is 0 Å². The van der Waals surface area contributed by atoms with Gasteiger partial charge in [0.05, 0.1) is 10.9 Å². The topological polar surface area (TPSA) is 38.4 Å². The first-order valence-electron chi connectivity index (χ1n) is 4.35. The Morgan fingerprint density at radius 1 is 1.69 bits per heavy atom. The lowest BCUT2D eigenvalue weighted by Gasteiger charge is -2.05. The molecule has 1 atom stereocenters. The summed E-state index contributed by atoms with van der Waals surface area (Å²) in [5.41, 5.74) is 5.90. The van der Waals surface area contributed by atoms with E-state index in [1.165, 1.54) is 4.90 Å². The van der Waals surface area contributed by atoms with Gasteiger partial charge in [-0.05, 0) is 17.9 Å². The van der Waals surface area contributed by atoms with Gasteiger partial charge < -0.3 is 5.73 Å². The van der Waals surface area contributed by atoms with Gasteiger partial charge in [0, 0.05) is 10.6 Å². The molecule has 0 spiro atoms. The number of aliphatic imine (C=N–C) groups is 1. The average molecular weight is 212 g/mol. The summed E-state index contributed by atoms with van der Waals surface area (Å²) in [6, 6.07) is 2.52. The molecule has 0 radical (unpaired) electrons. The van der Waals surface area contributed by atoms with E-state index in [0.717, 1.165) is 22.9 Å². The monoisotopic (exact) mass is 212 g/mol. The minimum absolute atomic E-state index is 0.393. The third-order valence-electron chi connectivity index (χ3n) is 2.09. The van der Waals surface area contributed by atoms with Crippen LogP contribution in [0.2, 0.25) is 0 Å². The number of nitrogens with zero attached hydrogens (tertiary/aromatic N) is 1. The van der Waals surface area contributed by atoms with E-state index in [-0.39, 0.29) is 0 Å². The van der Waals surface area contributed by atoms with Crippen LogP contribution in [0.4, 0.5) is 0 Å². The van der Waals surface area contributed by atoms with Crippen molar-refractivity contribution in [1.82, 2.24) is 0 Å². The zero-order valence-electron chi connectivity index (χ0n) is 7.49. The number of rotatable bonds is 1. The number of hydrogen-bond acceptors (Lipinski definition) is 4. The Hall–Kier alpha value is -0.480. The van der Waals surface area contributed by atoms with Crippen LogP contribution in [-0.4, -0.2) is 17.6 Å². The van der Waals surface area contributed by atoms with E-state index < -0.39 is 0 Å². The van der Waals surface area contributed by atoms with E-state index in [1.807, 2.05) is 11.8 Å². The summed E-state index contributed by atoms with van der Waals surface area (Å²) in [7, 11) is 0. The number of hydrogen-bond donors (Lipinski definition) is 1. The highest BCUT2D eigenvalue weighted by Crippen LogP contribution is 2.31. The average Bonchev–Trinajstić information content (AvgIpc) is 2.54. The lowest BCUT2D eigenvalue weighted by Crippen LogP contribution is -2.15. The number of nitrogens with two attached hydrogens (primary N) is 1. The Morgan fingerprint density at radius 2 is 2.54 bits per heavy atom. The zero-order chi connectivity index (χ0) is 9.26. The molecular weight excluding hydrogens is 200 g/mol. The number of thiophene rings is 1. The van der Waals surface area contributed by atoms with Crippen molar-refractivity contribution in [2.24, 2.45) is 10.7 Å². The number of amidine groups is 1. The second-order valence-electron chi connectivity index (χ2n) is 3.00. The van der Waals surface area contributed by atoms with Gasteiger partial charge in [0.15, 0.2) is 0 Å². The fourth-order valence-electron chi connectivity index (χ4n) is 1.29. The number of fused-ring (bicyclic) bond motifs is 1. The molecular formula is C9H12N2S2. The van der Waals surface area contributed by atoms with E-state index in [0.29, 0.717) is 6.04 Å². The van der Waals surface area contributed by atoms with Gasteiger partial charge in [-0.3, -0.25) is 4.99 Å². The van der Waals surface area contributed by atoms with Crippen LogP contribution in [-0.2, 0) is 0 Å². The molecule has 0 fully saturated rings. The minimum atomic E-state index is 0.393. The summed E-state index contributed by atoms with van der Waals surface area (Å²) < 4.78 is 0. The summed E-state index contributed by atoms with van der Waals surface area (Å²) in [5.74, 6) is 1.78.